The first-order valence-electron chi connectivity index (χ1n) is 9.71. The number of amides is 2. The van der Waals surface area contributed by atoms with Gasteiger partial charge in [0.05, 0.1) is 18.8 Å². The maximum Gasteiger partial charge on any atom is 0.317 e. The number of nitrogens with one attached hydrogen (secondary N) is 1. The van der Waals surface area contributed by atoms with Crippen molar-refractivity contribution in [1.29, 1.82) is 0 Å². The van der Waals surface area contributed by atoms with Gasteiger partial charge < -0.3 is 15.3 Å². The van der Waals surface area contributed by atoms with E-state index in [1.807, 2.05) is 22.6 Å². The van der Waals surface area contributed by atoms with E-state index < -0.39 is 0 Å². The highest BCUT2D eigenvalue weighted by Crippen LogP contribution is 2.59. The lowest BCUT2D eigenvalue weighted by Gasteiger charge is -2.63. The molecule has 2 aromatic rings. The van der Waals surface area contributed by atoms with Gasteiger partial charge in [0.1, 0.15) is 0 Å². The minimum Gasteiger partial charge on any atom is -0.396 e. The Morgan fingerprint density at radius 3 is 2.63 bits per heavy atom. The third kappa shape index (κ3) is 3.12. The number of hydrogen-bond donors (Lipinski definition) is 2. The molecule has 2 N–H and O–H groups in total. The van der Waals surface area contributed by atoms with Gasteiger partial charge in [0, 0.05) is 36.7 Å². The largest absolute Gasteiger partial charge is 0.396 e. The Kier molecular flexibility index (Phi) is 4.46. The predicted octanol–water partition coefficient (Wildman–Crippen LogP) is 2.45. The highest BCUT2D eigenvalue weighted by Gasteiger charge is 2.60. The van der Waals surface area contributed by atoms with Crippen LogP contribution in [-0.4, -0.2) is 45.5 Å². The Hall–Kier alpha value is -2.34. The normalized spacial score (nSPS) is 26.6. The van der Waals surface area contributed by atoms with Crippen molar-refractivity contribution in [1.82, 2.24) is 20.0 Å². The lowest BCUT2D eigenvalue weighted by Crippen LogP contribution is -2.68. The summed E-state index contributed by atoms with van der Waals surface area (Å²) in [5, 5.41) is 17.3. The van der Waals surface area contributed by atoms with E-state index in [0.29, 0.717) is 19.6 Å². The fourth-order valence-corrected chi connectivity index (χ4v) is 5.01. The summed E-state index contributed by atoms with van der Waals surface area (Å²) in [6.45, 7) is 6.83. The van der Waals surface area contributed by atoms with Crippen LogP contribution in [0.4, 0.5) is 4.79 Å². The molecule has 2 saturated heterocycles. The van der Waals surface area contributed by atoms with Gasteiger partial charge in [0.2, 0.25) is 0 Å². The maximum atomic E-state index is 12.8. The summed E-state index contributed by atoms with van der Waals surface area (Å²) in [5.74, 6) is 0. The van der Waals surface area contributed by atoms with E-state index in [1.54, 1.807) is 6.20 Å². The standard InChI is InChI=1S/C21H28N4O2/c1-3-25-18(8-9-23-25)10-22-19(27)24-13-20(15-26)11-21(12-20,14-24)17-6-4-16(2)5-7-17/h4-9,26H,3,10-15H2,1-2H3,(H,22,27). The van der Waals surface area contributed by atoms with Crippen LogP contribution in [0.15, 0.2) is 36.5 Å². The molecule has 0 atom stereocenters. The Bertz CT molecular complexity index is 821. The van der Waals surface area contributed by atoms with E-state index in [4.69, 9.17) is 0 Å². The van der Waals surface area contributed by atoms with Crippen LogP contribution in [0.5, 0.6) is 0 Å². The molecule has 27 heavy (non-hydrogen) atoms. The Morgan fingerprint density at radius 1 is 1.22 bits per heavy atom. The van der Waals surface area contributed by atoms with E-state index in [2.05, 4.69) is 41.6 Å². The molecule has 2 amide bonds. The molecular weight excluding hydrogens is 340 g/mol. The molecule has 3 fully saturated rings. The SMILES string of the molecule is CCn1nccc1CNC(=O)N1CC2(CO)CC(c3ccc(C)cc3)(C1)C2. The Labute approximate surface area is 160 Å². The molecular formula is C21H28N4O2. The summed E-state index contributed by atoms with van der Waals surface area (Å²) in [4.78, 5) is 14.7. The van der Waals surface area contributed by atoms with Gasteiger partial charge in [-0.15, -0.1) is 0 Å². The second kappa shape index (κ2) is 6.68. The van der Waals surface area contributed by atoms with Crippen LogP contribution in [0.1, 0.15) is 36.6 Å². The minimum absolute atomic E-state index is 0.0305. The molecule has 2 bridgehead atoms. The molecule has 6 heteroatoms. The molecule has 1 aliphatic carbocycles. The zero-order valence-electron chi connectivity index (χ0n) is 16.1. The van der Waals surface area contributed by atoms with Gasteiger partial charge in [0.15, 0.2) is 0 Å². The van der Waals surface area contributed by atoms with Crippen LogP contribution in [0.25, 0.3) is 0 Å². The summed E-state index contributed by atoms with van der Waals surface area (Å²) in [6.07, 6.45) is 3.66. The van der Waals surface area contributed by atoms with E-state index >= 15 is 0 Å². The quantitative estimate of drug-likeness (QED) is 0.852. The molecule has 6 nitrogen and oxygen atoms in total. The number of nitrogens with zero attached hydrogens (tertiary/aromatic N) is 3. The van der Waals surface area contributed by atoms with Gasteiger partial charge in [-0.1, -0.05) is 29.8 Å². The number of aryl methyl sites for hydroxylation is 2. The molecule has 144 valence electrons. The second-order valence-electron chi connectivity index (χ2n) is 8.31. The highest BCUT2D eigenvalue weighted by molar-refractivity contribution is 5.75. The third-order valence-electron chi connectivity index (χ3n) is 6.26. The van der Waals surface area contributed by atoms with Crippen molar-refractivity contribution in [3.8, 4) is 0 Å². The van der Waals surface area contributed by atoms with Crippen molar-refractivity contribution in [2.24, 2.45) is 5.41 Å². The fraction of sp³-hybridized carbons (Fsp3) is 0.524. The zero-order chi connectivity index (χ0) is 19.1. The van der Waals surface area contributed by atoms with Crippen LogP contribution < -0.4 is 5.32 Å². The highest BCUT2D eigenvalue weighted by atomic mass is 16.3. The smallest absolute Gasteiger partial charge is 0.317 e. The van der Waals surface area contributed by atoms with Gasteiger partial charge in [0.25, 0.3) is 0 Å². The van der Waals surface area contributed by atoms with Crippen molar-refractivity contribution in [3.63, 3.8) is 0 Å². The molecule has 5 rings (SSSR count). The van der Waals surface area contributed by atoms with Gasteiger partial charge in [-0.3, -0.25) is 4.68 Å². The van der Waals surface area contributed by atoms with Gasteiger partial charge in [-0.25, -0.2) is 4.79 Å². The first kappa shape index (κ1) is 18.0. The van der Waals surface area contributed by atoms with E-state index in [9.17, 15) is 9.90 Å². The van der Waals surface area contributed by atoms with E-state index in [1.165, 1.54) is 11.1 Å². The number of aromatic nitrogens is 2. The number of carbonyl (C=O) groups is 1. The molecule has 1 aromatic carbocycles. The van der Waals surface area contributed by atoms with Crippen molar-refractivity contribution >= 4 is 6.03 Å². The van der Waals surface area contributed by atoms with Crippen LogP contribution in [0, 0.1) is 12.3 Å². The molecule has 0 unspecified atom stereocenters. The average Bonchev–Trinajstić information content (AvgIpc) is 3.13. The first-order valence-corrected chi connectivity index (χ1v) is 9.71. The molecule has 1 saturated carbocycles. The van der Waals surface area contributed by atoms with E-state index in [0.717, 1.165) is 25.1 Å². The minimum atomic E-state index is -0.161. The van der Waals surface area contributed by atoms with Crippen LogP contribution in [0.3, 0.4) is 0 Å². The molecule has 0 radical (unpaired) electrons. The number of piperidine rings is 2. The van der Waals surface area contributed by atoms with Gasteiger partial charge in [-0.05, 0) is 38.3 Å². The number of rotatable bonds is 5. The predicted molar refractivity (Wildman–Crippen MR) is 103 cm³/mol. The lowest BCUT2D eigenvalue weighted by molar-refractivity contribution is -0.0986. The molecule has 1 aromatic heterocycles. The summed E-state index contributed by atoms with van der Waals surface area (Å²) < 4.78 is 1.89. The molecule has 3 heterocycles. The topological polar surface area (TPSA) is 70.4 Å². The number of aliphatic hydroxyl groups is 1. The maximum absolute atomic E-state index is 12.8. The fourth-order valence-electron chi connectivity index (χ4n) is 5.01. The summed E-state index contributed by atoms with van der Waals surface area (Å²) in [5.41, 5.74) is 3.32. The summed E-state index contributed by atoms with van der Waals surface area (Å²) >= 11 is 0. The van der Waals surface area contributed by atoms with Crippen LogP contribution in [-0.2, 0) is 18.5 Å². The van der Waals surface area contributed by atoms with Crippen LogP contribution in [0.2, 0.25) is 0 Å². The van der Waals surface area contributed by atoms with Gasteiger partial charge >= 0.3 is 6.03 Å². The third-order valence-corrected chi connectivity index (χ3v) is 6.26. The molecule has 0 spiro atoms. The Morgan fingerprint density at radius 2 is 1.96 bits per heavy atom. The number of fused-ring (bicyclic) bond motifs is 2. The van der Waals surface area contributed by atoms with Crippen molar-refractivity contribution in [2.75, 3.05) is 19.7 Å². The number of aliphatic hydroxyl groups excluding tert-OH is 1. The number of carbonyl (C=O) groups excluding carboxylic acids is 1. The summed E-state index contributed by atoms with van der Waals surface area (Å²) in [6, 6.07) is 10.5. The van der Waals surface area contributed by atoms with Crippen molar-refractivity contribution < 1.29 is 9.90 Å². The monoisotopic (exact) mass is 368 g/mol. The number of benzene rings is 1. The zero-order valence-corrected chi connectivity index (χ0v) is 16.1. The van der Waals surface area contributed by atoms with Gasteiger partial charge in [-0.2, -0.15) is 5.10 Å². The van der Waals surface area contributed by atoms with Crippen molar-refractivity contribution in [3.05, 3.63) is 53.3 Å². The van der Waals surface area contributed by atoms with Crippen molar-refractivity contribution in [2.45, 2.75) is 45.2 Å². The first-order chi connectivity index (χ1) is 13.0. The number of hydrogen-bond acceptors (Lipinski definition) is 3. The Balaban J connectivity index is 1.48. The lowest BCUT2D eigenvalue weighted by atomic mass is 9.48. The second-order valence-corrected chi connectivity index (χ2v) is 8.31. The molecule has 2 aliphatic heterocycles. The number of urea groups is 1. The van der Waals surface area contributed by atoms with E-state index in [-0.39, 0.29) is 23.5 Å². The van der Waals surface area contributed by atoms with Crippen LogP contribution >= 0.6 is 0 Å². The summed E-state index contributed by atoms with van der Waals surface area (Å²) in [7, 11) is 0. The average molecular weight is 368 g/mol. The molecule has 3 aliphatic rings.